The molecular formula is C12H17Cl2N3. The predicted molar refractivity (Wildman–Crippen MR) is 75.0 cm³/mol. The molecule has 0 unspecified atom stereocenters. The summed E-state index contributed by atoms with van der Waals surface area (Å²) in [6.07, 6.45) is 1.06. The van der Waals surface area contributed by atoms with Gasteiger partial charge >= 0.3 is 0 Å². The molecule has 0 aliphatic heterocycles. The molecule has 0 spiro atoms. The van der Waals surface area contributed by atoms with Gasteiger partial charge < -0.3 is 10.6 Å². The summed E-state index contributed by atoms with van der Waals surface area (Å²) < 4.78 is 0. The molecule has 3 nitrogen and oxygen atoms in total. The van der Waals surface area contributed by atoms with Crippen molar-refractivity contribution in [3.8, 4) is 0 Å². The highest BCUT2D eigenvalue weighted by atomic mass is 35.5. The lowest BCUT2D eigenvalue weighted by Gasteiger charge is -2.12. The molecule has 0 saturated heterocycles. The number of rotatable bonds is 4. The highest BCUT2D eigenvalue weighted by Crippen LogP contribution is 2.20. The molecule has 5 heteroatoms. The maximum absolute atomic E-state index is 6.08. The van der Waals surface area contributed by atoms with Gasteiger partial charge in [0, 0.05) is 30.2 Å². The lowest BCUT2D eigenvalue weighted by molar-refractivity contribution is 0.781. The van der Waals surface area contributed by atoms with Gasteiger partial charge in [0.05, 0.1) is 0 Å². The van der Waals surface area contributed by atoms with Crippen LogP contribution in [0.4, 0.5) is 0 Å². The summed E-state index contributed by atoms with van der Waals surface area (Å²) in [5, 5.41) is 7.69. The van der Waals surface area contributed by atoms with Crippen LogP contribution in [-0.4, -0.2) is 19.6 Å². The third-order valence-corrected chi connectivity index (χ3v) is 2.81. The first-order valence-electron chi connectivity index (χ1n) is 5.55. The Balaban J connectivity index is 2.54. The average Bonchev–Trinajstić information content (AvgIpc) is 2.31. The molecule has 0 radical (unpaired) electrons. The van der Waals surface area contributed by atoms with E-state index >= 15 is 0 Å². The molecule has 0 atom stereocenters. The summed E-state index contributed by atoms with van der Waals surface area (Å²) >= 11 is 11.9. The van der Waals surface area contributed by atoms with E-state index < -0.39 is 0 Å². The number of halogens is 2. The molecule has 0 aliphatic rings. The van der Waals surface area contributed by atoms with Crippen LogP contribution in [0.1, 0.15) is 18.9 Å². The fraction of sp³-hybridized carbons (Fsp3) is 0.417. The van der Waals surface area contributed by atoms with Crippen molar-refractivity contribution in [1.82, 2.24) is 10.6 Å². The molecular weight excluding hydrogens is 257 g/mol. The first kappa shape index (κ1) is 14.1. The number of aliphatic imine (C=N–C) groups is 1. The standard InChI is InChI=1S/C12H17Cl2N3/c1-3-6-16-12(15-2)17-8-9-4-5-10(13)7-11(9)14/h4-5,7H,3,6,8H2,1-2H3,(H2,15,16,17). The van der Waals surface area contributed by atoms with Gasteiger partial charge in [-0.1, -0.05) is 36.2 Å². The minimum absolute atomic E-state index is 0.624. The van der Waals surface area contributed by atoms with Crippen LogP contribution in [0.25, 0.3) is 0 Å². The van der Waals surface area contributed by atoms with Gasteiger partial charge in [0.15, 0.2) is 5.96 Å². The van der Waals surface area contributed by atoms with E-state index in [1.807, 2.05) is 12.1 Å². The van der Waals surface area contributed by atoms with Gasteiger partial charge in [-0.2, -0.15) is 0 Å². The molecule has 0 amide bonds. The van der Waals surface area contributed by atoms with Crippen LogP contribution in [0, 0.1) is 0 Å². The molecule has 17 heavy (non-hydrogen) atoms. The third kappa shape index (κ3) is 4.84. The molecule has 94 valence electrons. The smallest absolute Gasteiger partial charge is 0.191 e. The highest BCUT2D eigenvalue weighted by molar-refractivity contribution is 6.35. The van der Waals surface area contributed by atoms with E-state index in [1.165, 1.54) is 0 Å². The molecule has 0 heterocycles. The number of benzene rings is 1. The van der Waals surface area contributed by atoms with Crippen molar-refractivity contribution in [2.45, 2.75) is 19.9 Å². The van der Waals surface area contributed by atoms with Crippen molar-refractivity contribution in [2.75, 3.05) is 13.6 Å². The molecule has 0 saturated carbocycles. The van der Waals surface area contributed by atoms with E-state index in [0.29, 0.717) is 16.6 Å². The molecule has 0 fully saturated rings. The van der Waals surface area contributed by atoms with Crippen molar-refractivity contribution in [1.29, 1.82) is 0 Å². The Kier molecular flexibility index (Phi) is 6.16. The van der Waals surface area contributed by atoms with Crippen molar-refractivity contribution < 1.29 is 0 Å². The van der Waals surface area contributed by atoms with Crippen LogP contribution in [-0.2, 0) is 6.54 Å². The largest absolute Gasteiger partial charge is 0.356 e. The van der Waals surface area contributed by atoms with Crippen molar-refractivity contribution in [3.05, 3.63) is 33.8 Å². The first-order chi connectivity index (χ1) is 8.17. The number of hydrogen-bond donors (Lipinski definition) is 2. The molecule has 1 aromatic carbocycles. The van der Waals surface area contributed by atoms with E-state index in [-0.39, 0.29) is 0 Å². The van der Waals surface area contributed by atoms with Crippen LogP contribution in [0.3, 0.4) is 0 Å². The summed E-state index contributed by atoms with van der Waals surface area (Å²) in [5.41, 5.74) is 0.996. The quantitative estimate of drug-likeness (QED) is 0.654. The van der Waals surface area contributed by atoms with Gasteiger partial charge in [0.2, 0.25) is 0 Å². The second-order valence-electron chi connectivity index (χ2n) is 3.59. The van der Waals surface area contributed by atoms with E-state index in [2.05, 4.69) is 22.5 Å². The summed E-state index contributed by atoms with van der Waals surface area (Å²) in [6.45, 7) is 3.63. The summed E-state index contributed by atoms with van der Waals surface area (Å²) in [6, 6.07) is 5.47. The average molecular weight is 274 g/mol. The van der Waals surface area contributed by atoms with Gasteiger partial charge in [-0.05, 0) is 24.1 Å². The summed E-state index contributed by atoms with van der Waals surface area (Å²) in [5.74, 6) is 0.776. The van der Waals surface area contributed by atoms with Gasteiger partial charge in [-0.15, -0.1) is 0 Å². The van der Waals surface area contributed by atoms with Crippen molar-refractivity contribution >= 4 is 29.2 Å². The number of nitrogens with one attached hydrogen (secondary N) is 2. The molecule has 0 aliphatic carbocycles. The molecule has 0 bridgehead atoms. The van der Waals surface area contributed by atoms with Crippen LogP contribution < -0.4 is 10.6 Å². The van der Waals surface area contributed by atoms with Gasteiger partial charge in [-0.3, -0.25) is 4.99 Å². The van der Waals surface area contributed by atoms with E-state index in [0.717, 1.165) is 24.5 Å². The van der Waals surface area contributed by atoms with E-state index in [9.17, 15) is 0 Å². The minimum atomic E-state index is 0.624. The Morgan fingerprint density at radius 1 is 1.29 bits per heavy atom. The highest BCUT2D eigenvalue weighted by Gasteiger charge is 2.02. The van der Waals surface area contributed by atoms with E-state index in [1.54, 1.807) is 13.1 Å². The fourth-order valence-corrected chi connectivity index (χ4v) is 1.78. The summed E-state index contributed by atoms with van der Waals surface area (Å²) in [4.78, 5) is 4.11. The first-order valence-corrected chi connectivity index (χ1v) is 6.31. The number of nitrogens with zero attached hydrogens (tertiary/aromatic N) is 1. The van der Waals surface area contributed by atoms with Crippen LogP contribution in [0.5, 0.6) is 0 Å². The Bertz CT molecular complexity index is 391. The normalized spacial score (nSPS) is 11.4. The summed E-state index contributed by atoms with van der Waals surface area (Å²) in [7, 11) is 1.74. The SMILES string of the molecule is CCCNC(=NC)NCc1ccc(Cl)cc1Cl. The number of hydrogen-bond acceptors (Lipinski definition) is 1. The maximum atomic E-state index is 6.08. The maximum Gasteiger partial charge on any atom is 0.191 e. The molecule has 1 aromatic rings. The molecule has 2 N–H and O–H groups in total. The van der Waals surface area contributed by atoms with Crippen molar-refractivity contribution in [3.63, 3.8) is 0 Å². The van der Waals surface area contributed by atoms with Gasteiger partial charge in [0.1, 0.15) is 0 Å². The monoisotopic (exact) mass is 273 g/mol. The zero-order chi connectivity index (χ0) is 12.7. The Morgan fingerprint density at radius 2 is 2.06 bits per heavy atom. The second-order valence-corrected chi connectivity index (χ2v) is 4.43. The van der Waals surface area contributed by atoms with Gasteiger partial charge in [-0.25, -0.2) is 0 Å². The topological polar surface area (TPSA) is 36.4 Å². The Hall–Kier alpha value is -0.930. The van der Waals surface area contributed by atoms with Crippen LogP contribution in [0.15, 0.2) is 23.2 Å². The lowest BCUT2D eigenvalue weighted by Crippen LogP contribution is -2.37. The van der Waals surface area contributed by atoms with Crippen molar-refractivity contribution in [2.24, 2.45) is 4.99 Å². The fourth-order valence-electron chi connectivity index (χ4n) is 1.31. The molecule has 1 rings (SSSR count). The second kappa shape index (κ2) is 7.41. The zero-order valence-corrected chi connectivity index (χ0v) is 11.6. The molecule has 0 aromatic heterocycles. The van der Waals surface area contributed by atoms with E-state index in [4.69, 9.17) is 23.2 Å². The third-order valence-electron chi connectivity index (χ3n) is 2.23. The Labute approximate surface area is 112 Å². The zero-order valence-electron chi connectivity index (χ0n) is 10.1. The Morgan fingerprint density at radius 3 is 2.65 bits per heavy atom. The minimum Gasteiger partial charge on any atom is -0.356 e. The lowest BCUT2D eigenvalue weighted by atomic mass is 10.2. The van der Waals surface area contributed by atoms with Crippen LogP contribution in [0.2, 0.25) is 10.0 Å². The van der Waals surface area contributed by atoms with Gasteiger partial charge in [0.25, 0.3) is 0 Å². The van der Waals surface area contributed by atoms with Crippen LogP contribution >= 0.6 is 23.2 Å². The predicted octanol–water partition coefficient (Wildman–Crippen LogP) is 3.07. The number of guanidine groups is 1.